The van der Waals surface area contributed by atoms with E-state index in [1.54, 1.807) is 0 Å². The van der Waals surface area contributed by atoms with Gasteiger partial charge in [-0.15, -0.1) is 11.3 Å². The predicted octanol–water partition coefficient (Wildman–Crippen LogP) is 3.99. The number of thiazole rings is 1. The Labute approximate surface area is 126 Å². The molecule has 0 bridgehead atoms. The molecule has 1 heterocycles. The van der Waals surface area contributed by atoms with Gasteiger partial charge in [-0.05, 0) is 18.6 Å². The summed E-state index contributed by atoms with van der Waals surface area (Å²) in [6.07, 6.45) is 0.553. The van der Waals surface area contributed by atoms with Gasteiger partial charge in [-0.1, -0.05) is 29.8 Å². The SMILES string of the molecule is CC(Nc1nc(CCC(=O)O)cs1)c1ccccc1Cl. The number of anilines is 1. The third-order valence-corrected chi connectivity index (χ3v) is 4.02. The van der Waals surface area contributed by atoms with Gasteiger partial charge in [0.1, 0.15) is 0 Å². The van der Waals surface area contributed by atoms with Gasteiger partial charge >= 0.3 is 5.97 Å². The van der Waals surface area contributed by atoms with Crippen molar-refractivity contribution in [2.75, 3.05) is 5.32 Å². The summed E-state index contributed by atoms with van der Waals surface area (Å²) in [4.78, 5) is 14.9. The van der Waals surface area contributed by atoms with E-state index in [1.165, 1.54) is 11.3 Å². The van der Waals surface area contributed by atoms with E-state index in [1.807, 2.05) is 36.6 Å². The van der Waals surface area contributed by atoms with Crippen LogP contribution in [0.2, 0.25) is 5.02 Å². The van der Waals surface area contributed by atoms with Gasteiger partial charge in [0, 0.05) is 16.8 Å². The van der Waals surface area contributed by atoms with Crippen molar-refractivity contribution in [3.05, 3.63) is 45.9 Å². The Balaban J connectivity index is 2.00. The summed E-state index contributed by atoms with van der Waals surface area (Å²) in [5.74, 6) is -0.808. The van der Waals surface area contributed by atoms with Crippen LogP contribution >= 0.6 is 22.9 Å². The van der Waals surface area contributed by atoms with Crippen molar-refractivity contribution in [3.63, 3.8) is 0 Å². The quantitative estimate of drug-likeness (QED) is 0.847. The van der Waals surface area contributed by atoms with Gasteiger partial charge in [-0.25, -0.2) is 4.98 Å². The molecule has 1 unspecified atom stereocenters. The summed E-state index contributed by atoms with van der Waals surface area (Å²) in [6, 6.07) is 7.71. The van der Waals surface area contributed by atoms with Crippen molar-refractivity contribution >= 4 is 34.0 Å². The molecular formula is C14H15ClN2O2S. The second kappa shape index (κ2) is 6.72. The number of hydrogen-bond donors (Lipinski definition) is 2. The van der Waals surface area contributed by atoms with Crippen molar-refractivity contribution < 1.29 is 9.90 Å². The minimum absolute atomic E-state index is 0.0437. The molecule has 2 rings (SSSR count). The first-order chi connectivity index (χ1) is 9.56. The zero-order valence-electron chi connectivity index (χ0n) is 11.0. The molecule has 1 atom stereocenters. The highest BCUT2D eigenvalue weighted by atomic mass is 35.5. The molecule has 0 amide bonds. The second-order valence-corrected chi connectivity index (χ2v) is 5.69. The maximum absolute atomic E-state index is 10.5. The number of nitrogens with zero attached hydrogens (tertiary/aromatic N) is 1. The van der Waals surface area contributed by atoms with Gasteiger partial charge in [0.15, 0.2) is 5.13 Å². The summed E-state index contributed by atoms with van der Waals surface area (Å²) in [6.45, 7) is 2.01. The van der Waals surface area contributed by atoms with Gasteiger partial charge in [0.2, 0.25) is 0 Å². The van der Waals surface area contributed by atoms with E-state index in [2.05, 4.69) is 10.3 Å². The van der Waals surface area contributed by atoms with Crippen LogP contribution in [0, 0.1) is 0 Å². The molecule has 0 saturated heterocycles. The van der Waals surface area contributed by atoms with E-state index < -0.39 is 5.97 Å². The van der Waals surface area contributed by atoms with E-state index in [-0.39, 0.29) is 12.5 Å². The predicted molar refractivity (Wildman–Crippen MR) is 81.6 cm³/mol. The topological polar surface area (TPSA) is 62.2 Å². The molecule has 0 aliphatic carbocycles. The van der Waals surface area contributed by atoms with Gasteiger partial charge in [0.05, 0.1) is 18.2 Å². The summed E-state index contributed by atoms with van der Waals surface area (Å²) >= 11 is 7.62. The number of halogens is 1. The normalized spacial score (nSPS) is 12.1. The average Bonchev–Trinajstić information content (AvgIpc) is 2.84. The smallest absolute Gasteiger partial charge is 0.303 e. The minimum Gasteiger partial charge on any atom is -0.481 e. The average molecular weight is 311 g/mol. The van der Waals surface area contributed by atoms with E-state index in [4.69, 9.17) is 16.7 Å². The van der Waals surface area contributed by atoms with Crippen LogP contribution < -0.4 is 5.32 Å². The molecule has 1 aromatic heterocycles. The van der Waals surface area contributed by atoms with Crippen LogP contribution in [0.1, 0.15) is 30.6 Å². The number of rotatable bonds is 6. The fraction of sp³-hybridized carbons (Fsp3) is 0.286. The number of carboxylic acid groups (broad SMARTS) is 1. The standard InChI is InChI=1S/C14H15ClN2O2S/c1-9(11-4-2-3-5-12(11)15)16-14-17-10(8-20-14)6-7-13(18)19/h2-5,8-9H,6-7H2,1H3,(H,16,17)(H,18,19). The maximum Gasteiger partial charge on any atom is 0.303 e. The Kier molecular flexibility index (Phi) is 4.98. The second-order valence-electron chi connectivity index (χ2n) is 4.43. The number of nitrogens with one attached hydrogen (secondary N) is 1. The Morgan fingerprint density at radius 1 is 1.50 bits per heavy atom. The van der Waals surface area contributed by atoms with Crippen LogP contribution in [0.4, 0.5) is 5.13 Å². The molecular weight excluding hydrogens is 296 g/mol. The number of hydrogen-bond acceptors (Lipinski definition) is 4. The summed E-state index contributed by atoms with van der Waals surface area (Å²) in [5.41, 5.74) is 1.81. The molecule has 0 aliphatic rings. The summed E-state index contributed by atoms with van der Waals surface area (Å²) < 4.78 is 0. The van der Waals surface area contributed by atoms with Crippen LogP contribution in [-0.4, -0.2) is 16.1 Å². The van der Waals surface area contributed by atoms with Gasteiger partial charge in [-0.3, -0.25) is 4.79 Å². The lowest BCUT2D eigenvalue weighted by Gasteiger charge is -2.14. The molecule has 2 aromatic rings. The maximum atomic E-state index is 10.5. The van der Waals surface area contributed by atoms with Crippen LogP contribution in [0.25, 0.3) is 0 Å². The van der Waals surface area contributed by atoms with E-state index in [0.29, 0.717) is 6.42 Å². The van der Waals surface area contributed by atoms with Crippen molar-refractivity contribution in [1.29, 1.82) is 0 Å². The molecule has 0 saturated carbocycles. The number of aryl methyl sites for hydroxylation is 1. The molecule has 20 heavy (non-hydrogen) atoms. The molecule has 0 fully saturated rings. The first-order valence-corrected chi connectivity index (χ1v) is 7.49. The third kappa shape index (κ3) is 3.95. The fourth-order valence-electron chi connectivity index (χ4n) is 1.81. The number of carbonyl (C=O) groups is 1. The molecule has 1 aromatic carbocycles. The molecule has 0 spiro atoms. The molecule has 4 nitrogen and oxygen atoms in total. The van der Waals surface area contributed by atoms with Crippen molar-refractivity contribution in [3.8, 4) is 0 Å². The highest BCUT2D eigenvalue weighted by Gasteiger charge is 2.11. The monoisotopic (exact) mass is 310 g/mol. The zero-order valence-corrected chi connectivity index (χ0v) is 12.5. The first-order valence-electron chi connectivity index (χ1n) is 6.23. The van der Waals surface area contributed by atoms with Gasteiger partial charge in [-0.2, -0.15) is 0 Å². The van der Waals surface area contributed by atoms with Gasteiger partial charge < -0.3 is 10.4 Å². The lowest BCUT2D eigenvalue weighted by molar-refractivity contribution is -0.136. The molecule has 6 heteroatoms. The van der Waals surface area contributed by atoms with Crippen molar-refractivity contribution in [2.24, 2.45) is 0 Å². The minimum atomic E-state index is -0.808. The van der Waals surface area contributed by atoms with E-state index in [0.717, 1.165) is 21.4 Å². The number of aliphatic carboxylic acids is 1. The van der Waals surface area contributed by atoms with Crippen LogP contribution in [0.5, 0.6) is 0 Å². The molecule has 0 radical (unpaired) electrons. The van der Waals surface area contributed by atoms with Crippen LogP contribution in [0.3, 0.4) is 0 Å². The highest BCUT2D eigenvalue weighted by molar-refractivity contribution is 7.13. The van der Waals surface area contributed by atoms with E-state index in [9.17, 15) is 4.79 Å². The zero-order chi connectivity index (χ0) is 14.5. The Hall–Kier alpha value is -1.59. The summed E-state index contributed by atoms with van der Waals surface area (Å²) in [5, 5.41) is 15.3. The molecule has 2 N–H and O–H groups in total. The largest absolute Gasteiger partial charge is 0.481 e. The molecule has 106 valence electrons. The molecule has 0 aliphatic heterocycles. The van der Waals surface area contributed by atoms with Crippen LogP contribution in [-0.2, 0) is 11.2 Å². The Morgan fingerprint density at radius 3 is 2.95 bits per heavy atom. The number of benzene rings is 1. The number of aromatic nitrogens is 1. The summed E-state index contributed by atoms with van der Waals surface area (Å²) in [7, 11) is 0. The van der Waals surface area contributed by atoms with Crippen molar-refractivity contribution in [1.82, 2.24) is 4.98 Å². The lowest BCUT2D eigenvalue weighted by Crippen LogP contribution is -2.07. The Bertz CT molecular complexity index is 600. The lowest BCUT2D eigenvalue weighted by atomic mass is 10.1. The fourth-order valence-corrected chi connectivity index (χ4v) is 2.94. The van der Waals surface area contributed by atoms with Crippen molar-refractivity contribution in [2.45, 2.75) is 25.8 Å². The van der Waals surface area contributed by atoms with E-state index >= 15 is 0 Å². The third-order valence-electron chi connectivity index (χ3n) is 2.86. The first kappa shape index (κ1) is 14.8. The highest BCUT2D eigenvalue weighted by Crippen LogP contribution is 2.27. The van der Waals surface area contributed by atoms with Gasteiger partial charge in [0.25, 0.3) is 0 Å². The van der Waals surface area contributed by atoms with Crippen LogP contribution in [0.15, 0.2) is 29.6 Å². The Morgan fingerprint density at radius 2 is 2.25 bits per heavy atom. The number of carboxylic acids is 1.